The van der Waals surface area contributed by atoms with Gasteiger partial charge in [0.25, 0.3) is 0 Å². The summed E-state index contributed by atoms with van der Waals surface area (Å²) in [4.78, 5) is 6.78. The van der Waals surface area contributed by atoms with Crippen LogP contribution in [-0.4, -0.2) is 37.1 Å². The fourth-order valence-corrected chi connectivity index (χ4v) is 2.33. The molecule has 1 aromatic heterocycles. The number of thioether (sulfide) groups is 1. The summed E-state index contributed by atoms with van der Waals surface area (Å²) in [5, 5.41) is 3.53. The molecular weight excluding hydrogens is 242 g/mol. The summed E-state index contributed by atoms with van der Waals surface area (Å²) in [5.74, 6) is 2.23. The van der Waals surface area contributed by atoms with Gasteiger partial charge in [0.15, 0.2) is 0 Å². The van der Waals surface area contributed by atoms with Gasteiger partial charge >= 0.3 is 0 Å². The van der Waals surface area contributed by atoms with Crippen LogP contribution in [0.3, 0.4) is 0 Å². The molecule has 0 amide bonds. The van der Waals surface area contributed by atoms with Crippen LogP contribution < -0.4 is 10.2 Å². The fraction of sp³-hybridized carbons (Fsp3) is 0.643. The van der Waals surface area contributed by atoms with E-state index in [9.17, 15) is 0 Å². The van der Waals surface area contributed by atoms with Crippen LogP contribution in [0, 0.1) is 0 Å². The highest BCUT2D eigenvalue weighted by atomic mass is 32.2. The number of nitrogens with one attached hydrogen (secondary N) is 1. The molecule has 1 rings (SSSR count). The summed E-state index contributed by atoms with van der Waals surface area (Å²) in [6, 6.07) is 4.54. The molecule has 0 fully saturated rings. The van der Waals surface area contributed by atoms with Crippen LogP contribution >= 0.6 is 11.8 Å². The Bertz CT molecular complexity index is 311. The molecule has 0 aliphatic carbocycles. The lowest BCUT2D eigenvalue weighted by molar-refractivity contribution is 0.568. The smallest absolute Gasteiger partial charge is 0.133 e. The van der Waals surface area contributed by atoms with E-state index in [1.165, 1.54) is 5.56 Å². The molecule has 102 valence electrons. The highest BCUT2D eigenvalue weighted by molar-refractivity contribution is 7.98. The molecule has 0 aliphatic rings. The lowest BCUT2D eigenvalue weighted by Crippen LogP contribution is -2.26. The molecule has 0 aliphatic heterocycles. The van der Waals surface area contributed by atoms with Gasteiger partial charge in [0.05, 0.1) is 0 Å². The second-order valence-corrected chi connectivity index (χ2v) is 5.49. The third kappa shape index (κ3) is 4.50. The molecule has 1 aromatic rings. The Morgan fingerprint density at radius 3 is 2.94 bits per heavy atom. The van der Waals surface area contributed by atoms with Gasteiger partial charge in [-0.25, -0.2) is 4.98 Å². The first-order chi connectivity index (χ1) is 8.70. The number of nitrogens with zero attached hydrogens (tertiary/aromatic N) is 2. The topological polar surface area (TPSA) is 28.2 Å². The molecule has 0 saturated heterocycles. The molecule has 18 heavy (non-hydrogen) atoms. The summed E-state index contributed by atoms with van der Waals surface area (Å²) in [7, 11) is 2.12. The van der Waals surface area contributed by atoms with Gasteiger partial charge in [-0.05, 0) is 32.2 Å². The summed E-state index contributed by atoms with van der Waals surface area (Å²) >= 11 is 1.87. The molecule has 1 N–H and O–H groups in total. The first-order valence-electron chi connectivity index (χ1n) is 6.59. The number of anilines is 1. The highest BCUT2D eigenvalue weighted by Crippen LogP contribution is 2.22. The van der Waals surface area contributed by atoms with E-state index in [-0.39, 0.29) is 0 Å². The quantitative estimate of drug-likeness (QED) is 0.784. The van der Waals surface area contributed by atoms with Crippen LogP contribution in [0.25, 0.3) is 0 Å². The van der Waals surface area contributed by atoms with Crippen LogP contribution in [0.2, 0.25) is 0 Å². The van der Waals surface area contributed by atoms with Crippen molar-refractivity contribution >= 4 is 17.6 Å². The highest BCUT2D eigenvalue weighted by Gasteiger charge is 2.13. The van der Waals surface area contributed by atoms with Crippen molar-refractivity contribution in [2.75, 3.05) is 37.0 Å². The average Bonchev–Trinajstić information content (AvgIpc) is 2.42. The van der Waals surface area contributed by atoms with Gasteiger partial charge in [0.2, 0.25) is 0 Å². The Labute approximate surface area is 115 Å². The van der Waals surface area contributed by atoms with Gasteiger partial charge in [-0.1, -0.05) is 13.0 Å². The van der Waals surface area contributed by atoms with Gasteiger partial charge in [-0.15, -0.1) is 0 Å². The van der Waals surface area contributed by atoms with E-state index in [0.29, 0.717) is 6.04 Å². The minimum atomic E-state index is 0.352. The molecule has 0 spiro atoms. The van der Waals surface area contributed by atoms with Crippen LogP contribution in [0.15, 0.2) is 18.3 Å². The number of hydrogen-bond donors (Lipinski definition) is 1. The van der Waals surface area contributed by atoms with Crippen LogP contribution in [0.5, 0.6) is 0 Å². The van der Waals surface area contributed by atoms with E-state index in [1.54, 1.807) is 0 Å². The van der Waals surface area contributed by atoms with Crippen molar-refractivity contribution in [3.05, 3.63) is 23.9 Å². The molecule has 4 heteroatoms. The third-order valence-corrected chi connectivity index (χ3v) is 3.57. The minimum absolute atomic E-state index is 0.352. The normalized spacial score (nSPS) is 12.4. The van der Waals surface area contributed by atoms with Crippen molar-refractivity contribution in [2.45, 2.75) is 26.3 Å². The van der Waals surface area contributed by atoms with E-state index in [0.717, 1.165) is 31.1 Å². The van der Waals surface area contributed by atoms with Crippen molar-refractivity contribution in [2.24, 2.45) is 0 Å². The summed E-state index contributed by atoms with van der Waals surface area (Å²) < 4.78 is 0. The van der Waals surface area contributed by atoms with E-state index >= 15 is 0 Å². The number of hydrogen-bond acceptors (Lipinski definition) is 4. The Morgan fingerprint density at radius 2 is 2.28 bits per heavy atom. The molecule has 1 unspecified atom stereocenters. The van der Waals surface area contributed by atoms with E-state index in [2.05, 4.69) is 48.4 Å². The number of rotatable bonds is 8. The van der Waals surface area contributed by atoms with Crippen molar-refractivity contribution in [1.29, 1.82) is 0 Å². The maximum Gasteiger partial charge on any atom is 0.133 e. The molecular formula is C14H25N3S. The molecule has 1 atom stereocenters. The Kier molecular flexibility index (Phi) is 7.13. The molecule has 0 saturated carbocycles. The molecule has 0 bridgehead atoms. The Balaban J connectivity index is 2.77. The largest absolute Gasteiger partial charge is 0.359 e. The van der Waals surface area contributed by atoms with Gasteiger partial charge < -0.3 is 10.2 Å². The van der Waals surface area contributed by atoms with E-state index in [1.807, 2.05) is 24.0 Å². The monoisotopic (exact) mass is 267 g/mol. The van der Waals surface area contributed by atoms with Gasteiger partial charge in [-0.3, -0.25) is 0 Å². The van der Waals surface area contributed by atoms with Crippen LogP contribution in [0.1, 0.15) is 31.9 Å². The van der Waals surface area contributed by atoms with Gasteiger partial charge in [-0.2, -0.15) is 11.8 Å². The van der Waals surface area contributed by atoms with Crippen molar-refractivity contribution < 1.29 is 0 Å². The number of pyridine rings is 1. The predicted molar refractivity (Wildman–Crippen MR) is 82.6 cm³/mol. The lowest BCUT2D eigenvalue weighted by atomic mass is 10.1. The third-order valence-electron chi connectivity index (χ3n) is 2.98. The summed E-state index contributed by atoms with van der Waals surface area (Å²) in [6.07, 6.45) is 5.17. The predicted octanol–water partition coefficient (Wildman–Crippen LogP) is 2.94. The Morgan fingerprint density at radius 1 is 1.50 bits per heavy atom. The standard InChI is InChI=1S/C14H25N3S/c1-5-8-15-12(2)13-7-6-9-16-14(13)17(3)10-11-18-4/h6-7,9,12,15H,5,8,10-11H2,1-4H3. The fourth-order valence-electron chi connectivity index (χ4n) is 1.87. The minimum Gasteiger partial charge on any atom is -0.359 e. The second kappa shape index (κ2) is 8.38. The zero-order valence-electron chi connectivity index (χ0n) is 11.9. The molecule has 0 radical (unpaired) electrons. The average molecular weight is 267 g/mol. The van der Waals surface area contributed by atoms with Crippen molar-refractivity contribution in [1.82, 2.24) is 10.3 Å². The van der Waals surface area contributed by atoms with Gasteiger partial charge in [0.1, 0.15) is 5.82 Å². The second-order valence-electron chi connectivity index (χ2n) is 4.51. The van der Waals surface area contributed by atoms with Crippen LogP contribution in [0.4, 0.5) is 5.82 Å². The SMILES string of the molecule is CCCNC(C)c1cccnc1N(C)CCSC. The van der Waals surface area contributed by atoms with Crippen molar-refractivity contribution in [3.63, 3.8) is 0 Å². The maximum absolute atomic E-state index is 4.54. The number of aromatic nitrogens is 1. The van der Waals surface area contributed by atoms with E-state index in [4.69, 9.17) is 0 Å². The molecule has 0 aromatic carbocycles. The van der Waals surface area contributed by atoms with Crippen LogP contribution in [-0.2, 0) is 0 Å². The maximum atomic E-state index is 4.54. The van der Waals surface area contributed by atoms with E-state index < -0.39 is 0 Å². The molecule has 3 nitrogen and oxygen atoms in total. The zero-order chi connectivity index (χ0) is 13.4. The first-order valence-corrected chi connectivity index (χ1v) is 7.98. The molecule has 1 heterocycles. The van der Waals surface area contributed by atoms with Crippen molar-refractivity contribution in [3.8, 4) is 0 Å². The first kappa shape index (κ1) is 15.3. The van der Waals surface area contributed by atoms with Gasteiger partial charge in [0, 0.05) is 37.1 Å². The lowest BCUT2D eigenvalue weighted by Gasteiger charge is -2.24. The summed E-state index contributed by atoms with van der Waals surface area (Å²) in [5.41, 5.74) is 1.29. The zero-order valence-corrected chi connectivity index (χ0v) is 12.8. The summed E-state index contributed by atoms with van der Waals surface area (Å²) in [6.45, 7) is 6.47. The Hall–Kier alpha value is -0.740.